The summed E-state index contributed by atoms with van der Waals surface area (Å²) in [4.78, 5) is 11.8. The predicted molar refractivity (Wildman–Crippen MR) is 90.1 cm³/mol. The van der Waals surface area contributed by atoms with Gasteiger partial charge in [0.25, 0.3) is 5.91 Å². The molecule has 0 aliphatic carbocycles. The molecule has 5 nitrogen and oxygen atoms in total. The summed E-state index contributed by atoms with van der Waals surface area (Å²) in [6.07, 6.45) is 0. The minimum absolute atomic E-state index is 0.0521. The van der Waals surface area contributed by atoms with Crippen LogP contribution in [0.3, 0.4) is 0 Å². The van der Waals surface area contributed by atoms with Crippen LogP contribution in [0.1, 0.15) is 18.1 Å². The monoisotopic (exact) mass is 366 g/mol. The fourth-order valence-corrected chi connectivity index (χ4v) is 2.07. The number of alkyl halides is 2. The topological polar surface area (TPSA) is 59.9 Å². The van der Waals surface area contributed by atoms with Crippen LogP contribution in [-0.2, 0) is 4.79 Å². The number of hydrazone groups is 1. The van der Waals surface area contributed by atoms with E-state index in [0.29, 0.717) is 5.56 Å². The van der Waals surface area contributed by atoms with Crippen LogP contribution in [0.15, 0.2) is 47.6 Å². The third-order valence-corrected chi connectivity index (χ3v) is 3.28. The van der Waals surface area contributed by atoms with E-state index in [9.17, 15) is 18.0 Å². The first-order valence-electron chi connectivity index (χ1n) is 7.63. The molecule has 0 fully saturated rings. The summed E-state index contributed by atoms with van der Waals surface area (Å²) in [6, 6.07) is 10.3. The molecule has 138 valence electrons. The molecule has 0 spiro atoms. The van der Waals surface area contributed by atoms with Crippen molar-refractivity contribution in [3.63, 3.8) is 0 Å². The molecule has 8 heteroatoms. The molecule has 2 aromatic rings. The molecular formula is C18H17F3N2O3. The van der Waals surface area contributed by atoms with E-state index in [0.717, 1.165) is 5.56 Å². The third-order valence-electron chi connectivity index (χ3n) is 3.28. The van der Waals surface area contributed by atoms with Crippen molar-refractivity contribution in [2.75, 3.05) is 6.61 Å². The van der Waals surface area contributed by atoms with Crippen molar-refractivity contribution >= 4 is 11.6 Å². The molecule has 0 bridgehead atoms. The fraction of sp³-hybridized carbons (Fsp3) is 0.222. The Balaban J connectivity index is 2.02. The second kappa shape index (κ2) is 8.89. The fourth-order valence-electron chi connectivity index (χ4n) is 2.07. The maximum absolute atomic E-state index is 13.4. The highest BCUT2D eigenvalue weighted by atomic mass is 19.3. The second-order valence-electron chi connectivity index (χ2n) is 5.33. The zero-order chi connectivity index (χ0) is 19.1. The number of rotatable bonds is 7. The summed E-state index contributed by atoms with van der Waals surface area (Å²) in [5, 5.41) is 3.86. The van der Waals surface area contributed by atoms with Gasteiger partial charge in [-0.25, -0.2) is 9.82 Å². The number of nitrogens with one attached hydrogen (secondary N) is 1. The smallest absolute Gasteiger partial charge is 0.387 e. The number of halogens is 3. The van der Waals surface area contributed by atoms with Crippen molar-refractivity contribution in [3.8, 4) is 11.5 Å². The lowest BCUT2D eigenvalue weighted by atomic mass is 10.1. The van der Waals surface area contributed by atoms with E-state index in [1.807, 2.05) is 0 Å². The van der Waals surface area contributed by atoms with Gasteiger partial charge in [-0.15, -0.1) is 0 Å². The average Bonchev–Trinajstić information content (AvgIpc) is 2.60. The van der Waals surface area contributed by atoms with E-state index in [-0.39, 0.29) is 17.2 Å². The zero-order valence-electron chi connectivity index (χ0n) is 14.1. The Morgan fingerprint density at radius 2 is 1.92 bits per heavy atom. The van der Waals surface area contributed by atoms with E-state index in [4.69, 9.17) is 4.74 Å². The Labute approximate surface area is 148 Å². The number of carbonyl (C=O) groups excluding carboxylic acids is 1. The number of para-hydroxylation sites is 1. The predicted octanol–water partition coefficient (Wildman–Crippen LogP) is 3.65. The van der Waals surface area contributed by atoms with E-state index in [1.54, 1.807) is 25.1 Å². The quantitative estimate of drug-likeness (QED) is 0.601. The lowest BCUT2D eigenvalue weighted by molar-refractivity contribution is -0.123. The minimum Gasteiger partial charge on any atom is -0.481 e. The number of hydrogen-bond acceptors (Lipinski definition) is 4. The Morgan fingerprint density at radius 3 is 2.62 bits per heavy atom. The van der Waals surface area contributed by atoms with Crippen LogP contribution in [-0.4, -0.2) is 24.8 Å². The first kappa shape index (κ1) is 19.3. The van der Waals surface area contributed by atoms with Crippen LogP contribution in [0.5, 0.6) is 11.5 Å². The molecule has 0 saturated carbocycles. The summed E-state index contributed by atoms with van der Waals surface area (Å²) >= 11 is 0. The highest BCUT2D eigenvalue weighted by Gasteiger charge is 2.13. The molecule has 0 radical (unpaired) electrons. The molecule has 0 unspecified atom stereocenters. The van der Waals surface area contributed by atoms with E-state index < -0.39 is 24.9 Å². The third kappa shape index (κ3) is 5.51. The molecule has 0 heterocycles. The number of benzene rings is 2. The second-order valence-corrected chi connectivity index (χ2v) is 5.33. The van der Waals surface area contributed by atoms with Gasteiger partial charge in [0.1, 0.15) is 5.75 Å². The molecule has 0 aromatic heterocycles. The maximum atomic E-state index is 13.4. The number of amides is 1. The number of nitrogens with zero attached hydrogens (tertiary/aromatic N) is 1. The van der Waals surface area contributed by atoms with Crippen molar-refractivity contribution in [1.82, 2.24) is 5.43 Å². The molecule has 0 atom stereocenters. The Hall–Kier alpha value is -3.03. The molecule has 0 aliphatic heterocycles. The Bertz CT molecular complexity index is 810. The van der Waals surface area contributed by atoms with E-state index in [1.165, 1.54) is 31.2 Å². The van der Waals surface area contributed by atoms with Gasteiger partial charge in [-0.2, -0.15) is 13.9 Å². The summed E-state index contributed by atoms with van der Waals surface area (Å²) < 4.78 is 47.9. The maximum Gasteiger partial charge on any atom is 0.387 e. The van der Waals surface area contributed by atoms with Crippen LogP contribution >= 0.6 is 0 Å². The van der Waals surface area contributed by atoms with Gasteiger partial charge in [-0.05, 0) is 38.1 Å². The van der Waals surface area contributed by atoms with Crippen LogP contribution in [0.2, 0.25) is 0 Å². The molecular weight excluding hydrogens is 349 g/mol. The van der Waals surface area contributed by atoms with Gasteiger partial charge in [-0.3, -0.25) is 4.79 Å². The van der Waals surface area contributed by atoms with Gasteiger partial charge >= 0.3 is 6.61 Å². The lowest BCUT2D eigenvalue weighted by Gasteiger charge is -2.11. The summed E-state index contributed by atoms with van der Waals surface area (Å²) in [6.45, 7) is -0.117. The molecule has 0 aliphatic rings. The van der Waals surface area contributed by atoms with Gasteiger partial charge < -0.3 is 9.47 Å². The summed E-state index contributed by atoms with van der Waals surface area (Å²) in [5.41, 5.74) is 3.63. The first-order valence-corrected chi connectivity index (χ1v) is 7.63. The van der Waals surface area contributed by atoms with Crippen LogP contribution in [0.4, 0.5) is 13.2 Å². The summed E-state index contributed by atoms with van der Waals surface area (Å²) in [5.74, 6) is -1.33. The molecule has 1 N–H and O–H groups in total. The first-order chi connectivity index (χ1) is 12.4. The van der Waals surface area contributed by atoms with Crippen molar-refractivity contribution < 1.29 is 27.4 Å². The van der Waals surface area contributed by atoms with Crippen LogP contribution < -0.4 is 14.9 Å². The Kier molecular flexibility index (Phi) is 6.60. The lowest BCUT2D eigenvalue weighted by Crippen LogP contribution is -2.26. The van der Waals surface area contributed by atoms with Crippen molar-refractivity contribution in [2.45, 2.75) is 20.5 Å². The highest BCUT2D eigenvalue weighted by Crippen LogP contribution is 2.22. The number of carbonyl (C=O) groups is 1. The van der Waals surface area contributed by atoms with Gasteiger partial charge in [0.05, 0.1) is 5.71 Å². The van der Waals surface area contributed by atoms with Crippen LogP contribution in [0, 0.1) is 12.7 Å². The number of hydrogen-bond donors (Lipinski definition) is 1. The SMILES string of the molecule is C/C(=N/NC(=O)COc1ccccc1F)c1cc(C)ccc1OC(F)F. The number of aryl methyl sites for hydroxylation is 1. The van der Waals surface area contributed by atoms with Crippen LogP contribution in [0.25, 0.3) is 0 Å². The molecule has 26 heavy (non-hydrogen) atoms. The minimum atomic E-state index is -2.98. The molecule has 0 saturated heterocycles. The van der Waals surface area contributed by atoms with Gasteiger partial charge in [0.15, 0.2) is 18.2 Å². The van der Waals surface area contributed by atoms with E-state index >= 15 is 0 Å². The normalized spacial score (nSPS) is 11.4. The van der Waals surface area contributed by atoms with Gasteiger partial charge in [0, 0.05) is 5.56 Å². The van der Waals surface area contributed by atoms with E-state index in [2.05, 4.69) is 15.3 Å². The average molecular weight is 366 g/mol. The number of ether oxygens (including phenoxy) is 2. The van der Waals surface area contributed by atoms with Crippen molar-refractivity contribution in [2.24, 2.45) is 5.10 Å². The standard InChI is InChI=1S/C18H17F3N2O3/c1-11-7-8-15(26-18(20)21)13(9-11)12(2)22-23-17(24)10-25-16-6-4-3-5-14(16)19/h3-9,18H,10H2,1-2H3,(H,23,24)/b22-12-. The largest absolute Gasteiger partial charge is 0.481 e. The van der Waals surface area contributed by atoms with Crippen molar-refractivity contribution in [1.29, 1.82) is 0 Å². The van der Waals surface area contributed by atoms with Gasteiger partial charge in [0.2, 0.25) is 0 Å². The highest BCUT2D eigenvalue weighted by molar-refractivity contribution is 6.01. The zero-order valence-corrected chi connectivity index (χ0v) is 14.1. The molecule has 2 rings (SSSR count). The summed E-state index contributed by atoms with van der Waals surface area (Å²) in [7, 11) is 0. The Morgan fingerprint density at radius 1 is 1.19 bits per heavy atom. The van der Waals surface area contributed by atoms with Crippen molar-refractivity contribution in [3.05, 3.63) is 59.4 Å². The molecule has 1 amide bonds. The van der Waals surface area contributed by atoms with Gasteiger partial charge in [-0.1, -0.05) is 23.8 Å². The molecule has 2 aromatic carbocycles.